The number of aromatic nitrogens is 2. The van der Waals surface area contributed by atoms with Gasteiger partial charge in [-0.1, -0.05) is 0 Å². The molecule has 3 saturated heterocycles. The average molecular weight is 348 g/mol. The summed E-state index contributed by atoms with van der Waals surface area (Å²) < 4.78 is 13.1. The van der Waals surface area contributed by atoms with Gasteiger partial charge in [0.2, 0.25) is 0 Å². The van der Waals surface area contributed by atoms with Crippen LogP contribution in [-0.4, -0.2) is 76.7 Å². The minimum atomic E-state index is -0.170. The van der Waals surface area contributed by atoms with Gasteiger partial charge in [-0.3, -0.25) is 9.58 Å². The molecule has 7 nitrogen and oxygen atoms in total. The van der Waals surface area contributed by atoms with E-state index in [1.165, 1.54) is 0 Å². The zero-order chi connectivity index (χ0) is 17.2. The molecular weight excluding hydrogens is 320 g/mol. The molecule has 1 aromatic rings. The number of amides is 1. The second-order valence-corrected chi connectivity index (χ2v) is 7.33. The van der Waals surface area contributed by atoms with Crippen LogP contribution in [0.1, 0.15) is 38.6 Å². The van der Waals surface area contributed by atoms with Crippen LogP contribution in [0.4, 0.5) is 4.79 Å². The van der Waals surface area contributed by atoms with Crippen molar-refractivity contribution in [1.29, 1.82) is 0 Å². The summed E-state index contributed by atoms with van der Waals surface area (Å²) in [4.78, 5) is 16.9. The number of carbonyl (C=O) groups excluding carboxylic acids is 1. The number of ether oxygens (including phenoxy) is 2. The zero-order valence-electron chi connectivity index (χ0n) is 14.9. The zero-order valence-corrected chi connectivity index (χ0v) is 14.9. The van der Waals surface area contributed by atoms with Crippen LogP contribution >= 0.6 is 0 Å². The van der Waals surface area contributed by atoms with Gasteiger partial charge in [0.25, 0.3) is 0 Å². The van der Waals surface area contributed by atoms with E-state index in [1.54, 1.807) is 0 Å². The first-order valence-corrected chi connectivity index (χ1v) is 9.52. The summed E-state index contributed by atoms with van der Waals surface area (Å²) in [6.07, 6.45) is 8.02. The van der Waals surface area contributed by atoms with E-state index in [0.29, 0.717) is 31.9 Å². The van der Waals surface area contributed by atoms with Crippen molar-refractivity contribution in [3.8, 4) is 0 Å². The molecule has 0 spiro atoms. The Hall–Kier alpha value is -1.60. The van der Waals surface area contributed by atoms with Crippen LogP contribution in [-0.2, 0) is 9.47 Å². The van der Waals surface area contributed by atoms with Crippen molar-refractivity contribution in [3.63, 3.8) is 0 Å². The first kappa shape index (κ1) is 16.8. The molecule has 25 heavy (non-hydrogen) atoms. The van der Waals surface area contributed by atoms with E-state index in [-0.39, 0.29) is 18.2 Å². The lowest BCUT2D eigenvalue weighted by Crippen LogP contribution is -2.63. The third kappa shape index (κ3) is 3.40. The van der Waals surface area contributed by atoms with E-state index in [2.05, 4.69) is 20.9 Å². The molecule has 1 aromatic heterocycles. The average Bonchev–Trinajstić information content (AvgIpc) is 3.15. The Labute approximate surface area is 148 Å². The summed E-state index contributed by atoms with van der Waals surface area (Å²) in [5.74, 6) is 0. The van der Waals surface area contributed by atoms with E-state index in [9.17, 15) is 4.79 Å². The van der Waals surface area contributed by atoms with Crippen LogP contribution < -0.4 is 0 Å². The molecule has 3 aliphatic heterocycles. The Morgan fingerprint density at radius 2 is 1.88 bits per heavy atom. The number of hydrogen-bond donors (Lipinski definition) is 0. The largest absolute Gasteiger partial charge is 0.450 e. The number of fused-ring (bicyclic) bond motifs is 2. The van der Waals surface area contributed by atoms with Crippen LogP contribution in [0.2, 0.25) is 0 Å². The van der Waals surface area contributed by atoms with Crippen molar-refractivity contribution in [2.24, 2.45) is 0 Å². The molecule has 0 radical (unpaired) electrons. The molecule has 0 saturated carbocycles. The Morgan fingerprint density at radius 1 is 1.16 bits per heavy atom. The molecule has 1 amide bonds. The van der Waals surface area contributed by atoms with Crippen molar-refractivity contribution in [2.45, 2.75) is 56.8 Å². The summed E-state index contributed by atoms with van der Waals surface area (Å²) in [5, 5.41) is 4.39. The Bertz CT molecular complexity index is 557. The molecule has 138 valence electrons. The fourth-order valence-electron chi connectivity index (χ4n) is 4.69. The van der Waals surface area contributed by atoms with Gasteiger partial charge in [-0.15, -0.1) is 0 Å². The van der Waals surface area contributed by atoms with E-state index < -0.39 is 0 Å². The minimum absolute atomic E-state index is 0.153. The van der Waals surface area contributed by atoms with Gasteiger partial charge in [0.15, 0.2) is 0 Å². The van der Waals surface area contributed by atoms with E-state index in [4.69, 9.17) is 9.47 Å². The summed E-state index contributed by atoms with van der Waals surface area (Å²) in [5.41, 5.74) is 0. The Morgan fingerprint density at radius 3 is 2.48 bits per heavy atom. The fraction of sp³-hybridized carbons (Fsp3) is 0.778. The molecule has 2 bridgehead atoms. The third-order valence-corrected chi connectivity index (χ3v) is 5.89. The predicted octanol–water partition coefficient (Wildman–Crippen LogP) is 1.91. The maximum Gasteiger partial charge on any atom is 0.410 e. The number of rotatable bonds is 3. The van der Waals surface area contributed by atoms with Crippen LogP contribution in [0.25, 0.3) is 0 Å². The fourth-order valence-corrected chi connectivity index (χ4v) is 4.69. The molecule has 4 heterocycles. The third-order valence-electron chi connectivity index (χ3n) is 5.89. The van der Waals surface area contributed by atoms with Gasteiger partial charge < -0.3 is 14.4 Å². The molecule has 2 atom stereocenters. The lowest BCUT2D eigenvalue weighted by Gasteiger charge is -2.50. The van der Waals surface area contributed by atoms with Gasteiger partial charge in [-0.05, 0) is 38.7 Å². The van der Waals surface area contributed by atoms with Crippen LogP contribution in [0, 0.1) is 0 Å². The number of hydrogen-bond acceptors (Lipinski definition) is 5. The highest BCUT2D eigenvalue weighted by atomic mass is 16.6. The van der Waals surface area contributed by atoms with Gasteiger partial charge in [0, 0.05) is 31.5 Å². The van der Waals surface area contributed by atoms with Crippen molar-refractivity contribution >= 4 is 6.09 Å². The van der Waals surface area contributed by atoms with Gasteiger partial charge in [-0.2, -0.15) is 5.10 Å². The summed E-state index contributed by atoms with van der Waals surface area (Å²) >= 11 is 0. The standard InChI is InChI=1S/C18H28N4O3/c1-2-25-18(23)22-16-10-15(11-17(22)13-24-12-16)20-8-4-14(5-9-20)21-7-3-6-19-21/h3,6-7,14-17H,2,4-5,8-13H2,1H3. The van der Waals surface area contributed by atoms with Crippen molar-refractivity contribution in [1.82, 2.24) is 19.6 Å². The quantitative estimate of drug-likeness (QED) is 0.835. The highest BCUT2D eigenvalue weighted by Gasteiger charge is 2.44. The maximum atomic E-state index is 12.3. The molecule has 4 rings (SSSR count). The van der Waals surface area contributed by atoms with Crippen LogP contribution in [0.3, 0.4) is 0 Å². The van der Waals surface area contributed by atoms with Crippen molar-refractivity contribution in [2.75, 3.05) is 32.9 Å². The topological polar surface area (TPSA) is 59.8 Å². The lowest BCUT2D eigenvalue weighted by molar-refractivity contribution is -0.0875. The summed E-state index contributed by atoms with van der Waals surface area (Å²) in [6, 6.07) is 3.37. The number of piperidine rings is 2. The SMILES string of the molecule is CCOC(=O)N1C2COCC1CC(N1CCC(n3cccn3)CC1)C2. The van der Waals surface area contributed by atoms with Crippen LogP contribution in [0.15, 0.2) is 18.5 Å². The second kappa shape index (κ2) is 7.33. The molecule has 0 aromatic carbocycles. The molecule has 0 N–H and O–H groups in total. The number of morpholine rings is 1. The molecular formula is C18H28N4O3. The first-order valence-electron chi connectivity index (χ1n) is 9.52. The highest BCUT2D eigenvalue weighted by molar-refractivity contribution is 5.69. The van der Waals surface area contributed by atoms with Crippen molar-refractivity contribution in [3.05, 3.63) is 18.5 Å². The predicted molar refractivity (Wildman–Crippen MR) is 92.3 cm³/mol. The van der Waals surface area contributed by atoms with Gasteiger partial charge in [0.05, 0.1) is 37.9 Å². The highest BCUT2D eigenvalue weighted by Crippen LogP contribution is 2.33. The molecule has 3 aliphatic rings. The Kier molecular flexibility index (Phi) is 4.94. The minimum Gasteiger partial charge on any atom is -0.450 e. The van der Waals surface area contributed by atoms with Gasteiger partial charge in [0.1, 0.15) is 0 Å². The monoisotopic (exact) mass is 348 g/mol. The summed E-state index contributed by atoms with van der Waals surface area (Å²) in [6.45, 7) is 5.77. The first-order chi connectivity index (χ1) is 12.3. The molecule has 7 heteroatoms. The molecule has 3 fully saturated rings. The lowest BCUT2D eigenvalue weighted by atomic mass is 9.88. The van der Waals surface area contributed by atoms with E-state index in [1.807, 2.05) is 24.1 Å². The number of likely N-dealkylation sites (tertiary alicyclic amines) is 1. The molecule has 2 unspecified atom stereocenters. The number of nitrogens with zero attached hydrogens (tertiary/aromatic N) is 4. The molecule has 0 aliphatic carbocycles. The van der Waals surface area contributed by atoms with E-state index >= 15 is 0 Å². The Balaban J connectivity index is 1.36. The van der Waals surface area contributed by atoms with Crippen LogP contribution in [0.5, 0.6) is 0 Å². The summed E-state index contributed by atoms with van der Waals surface area (Å²) in [7, 11) is 0. The van der Waals surface area contributed by atoms with Gasteiger partial charge in [-0.25, -0.2) is 4.79 Å². The number of carbonyl (C=O) groups is 1. The van der Waals surface area contributed by atoms with E-state index in [0.717, 1.165) is 38.8 Å². The maximum absolute atomic E-state index is 12.3. The van der Waals surface area contributed by atoms with Gasteiger partial charge >= 0.3 is 6.09 Å². The second-order valence-electron chi connectivity index (χ2n) is 7.33. The normalized spacial score (nSPS) is 31.1. The smallest absolute Gasteiger partial charge is 0.410 e. The van der Waals surface area contributed by atoms with Crippen molar-refractivity contribution < 1.29 is 14.3 Å².